The maximum Gasteiger partial charge on any atom is 0.472 e. The molecule has 19 heteroatoms. The molecular weight excluding hydrogens is 1310 g/mol. The zero-order chi connectivity index (χ0) is 73.2. The second kappa shape index (κ2) is 74.8. The molecule has 3 N–H and O–H groups in total. The van der Waals surface area contributed by atoms with Crippen molar-refractivity contribution >= 4 is 39.5 Å². The normalized spacial score (nSPS) is 13.9. The fourth-order valence-electron chi connectivity index (χ4n) is 12.1. The average Bonchev–Trinajstić information content (AvgIpc) is 1.10. The Kier molecular flexibility index (Phi) is 73.0. The summed E-state index contributed by atoms with van der Waals surface area (Å²) < 4.78 is 68.7. The summed E-state index contributed by atoms with van der Waals surface area (Å²) in [4.78, 5) is 73.0. The number of allylic oxidation sites excluding steroid dienone is 4. The summed E-state index contributed by atoms with van der Waals surface area (Å²) >= 11 is 0. The molecular formula is C81H154O17P2. The first-order valence-corrected chi connectivity index (χ1v) is 44.6. The molecule has 0 rings (SSSR count). The first-order valence-electron chi connectivity index (χ1n) is 41.6. The van der Waals surface area contributed by atoms with E-state index in [9.17, 15) is 43.2 Å². The van der Waals surface area contributed by atoms with Gasteiger partial charge in [0.2, 0.25) is 0 Å². The maximum absolute atomic E-state index is 13.1. The molecule has 0 aromatic rings. The van der Waals surface area contributed by atoms with E-state index in [1.54, 1.807) is 0 Å². The van der Waals surface area contributed by atoms with Crippen molar-refractivity contribution in [2.24, 2.45) is 0 Å². The second-order valence-electron chi connectivity index (χ2n) is 28.4. The summed E-state index contributed by atoms with van der Waals surface area (Å²) in [5.41, 5.74) is 0. The molecule has 17 nitrogen and oxygen atoms in total. The number of carbonyl (C=O) groups is 4. The number of hydrogen-bond donors (Lipinski definition) is 3. The zero-order valence-corrected chi connectivity index (χ0v) is 66.5. The van der Waals surface area contributed by atoms with E-state index in [2.05, 4.69) is 52.0 Å². The van der Waals surface area contributed by atoms with E-state index in [1.165, 1.54) is 225 Å². The van der Waals surface area contributed by atoms with Crippen molar-refractivity contribution in [2.75, 3.05) is 39.6 Å². The van der Waals surface area contributed by atoms with Crippen LogP contribution in [0.5, 0.6) is 0 Å². The van der Waals surface area contributed by atoms with Crippen molar-refractivity contribution < 1.29 is 80.2 Å². The molecule has 0 amide bonds. The Hall–Kier alpha value is -2.46. The lowest BCUT2D eigenvalue weighted by Gasteiger charge is -2.21. The third-order valence-corrected chi connectivity index (χ3v) is 20.4. The molecule has 590 valence electrons. The number of phosphoric acid groups is 2. The molecule has 0 heterocycles. The number of rotatable bonds is 80. The minimum Gasteiger partial charge on any atom is -0.462 e. The first-order chi connectivity index (χ1) is 48.7. The van der Waals surface area contributed by atoms with Gasteiger partial charge < -0.3 is 33.8 Å². The lowest BCUT2D eigenvalue weighted by Crippen LogP contribution is -2.30. The van der Waals surface area contributed by atoms with Gasteiger partial charge in [-0.25, -0.2) is 9.13 Å². The largest absolute Gasteiger partial charge is 0.472 e. The fraction of sp³-hybridized carbons (Fsp3) is 0.901. The van der Waals surface area contributed by atoms with Crippen LogP contribution in [0.3, 0.4) is 0 Å². The average molecular weight is 1460 g/mol. The van der Waals surface area contributed by atoms with Gasteiger partial charge >= 0.3 is 39.5 Å². The van der Waals surface area contributed by atoms with E-state index in [-0.39, 0.29) is 25.7 Å². The van der Waals surface area contributed by atoms with Crippen molar-refractivity contribution in [3.8, 4) is 0 Å². The molecule has 2 unspecified atom stereocenters. The molecule has 0 radical (unpaired) electrons. The topological polar surface area (TPSA) is 237 Å². The highest BCUT2D eigenvalue weighted by atomic mass is 31.2. The summed E-state index contributed by atoms with van der Waals surface area (Å²) in [6, 6.07) is 0. The predicted octanol–water partition coefficient (Wildman–Crippen LogP) is 24.1. The van der Waals surface area contributed by atoms with Crippen LogP contribution in [0.2, 0.25) is 0 Å². The monoisotopic (exact) mass is 1460 g/mol. The molecule has 0 saturated heterocycles. The van der Waals surface area contributed by atoms with Crippen LogP contribution in [-0.4, -0.2) is 96.7 Å². The number of hydrogen-bond acceptors (Lipinski definition) is 15. The van der Waals surface area contributed by atoms with Crippen molar-refractivity contribution in [1.82, 2.24) is 0 Å². The highest BCUT2D eigenvalue weighted by Crippen LogP contribution is 2.45. The van der Waals surface area contributed by atoms with Gasteiger partial charge in [-0.15, -0.1) is 0 Å². The van der Waals surface area contributed by atoms with E-state index < -0.39 is 97.5 Å². The molecule has 0 aliphatic heterocycles. The van der Waals surface area contributed by atoms with Crippen LogP contribution in [0.15, 0.2) is 24.3 Å². The van der Waals surface area contributed by atoms with Crippen LogP contribution in [0.4, 0.5) is 0 Å². The van der Waals surface area contributed by atoms with Gasteiger partial charge in [0.25, 0.3) is 0 Å². The van der Waals surface area contributed by atoms with Crippen molar-refractivity contribution in [1.29, 1.82) is 0 Å². The number of unbranched alkanes of at least 4 members (excludes halogenated alkanes) is 50. The van der Waals surface area contributed by atoms with Gasteiger partial charge in [0.05, 0.1) is 26.4 Å². The third kappa shape index (κ3) is 73.8. The number of aliphatic hydroxyl groups excluding tert-OH is 1. The summed E-state index contributed by atoms with van der Waals surface area (Å²) in [6.45, 7) is 4.96. The lowest BCUT2D eigenvalue weighted by atomic mass is 10.0. The summed E-state index contributed by atoms with van der Waals surface area (Å²) in [5, 5.41) is 10.6. The van der Waals surface area contributed by atoms with Crippen LogP contribution < -0.4 is 0 Å². The Morgan fingerprint density at radius 3 is 0.760 bits per heavy atom. The van der Waals surface area contributed by atoms with Crippen LogP contribution >= 0.6 is 15.6 Å². The van der Waals surface area contributed by atoms with Gasteiger partial charge in [0.15, 0.2) is 12.2 Å². The van der Waals surface area contributed by atoms with Gasteiger partial charge in [-0.2, -0.15) is 0 Å². The van der Waals surface area contributed by atoms with Gasteiger partial charge in [-0.3, -0.25) is 37.3 Å². The molecule has 0 fully saturated rings. The van der Waals surface area contributed by atoms with Crippen LogP contribution in [0.1, 0.15) is 413 Å². The van der Waals surface area contributed by atoms with Gasteiger partial charge in [0, 0.05) is 25.7 Å². The molecule has 100 heavy (non-hydrogen) atoms. The fourth-order valence-corrected chi connectivity index (χ4v) is 13.7. The quantitative estimate of drug-likeness (QED) is 0.0169. The first kappa shape index (κ1) is 97.5. The molecule has 0 saturated carbocycles. The Bertz CT molecular complexity index is 1990. The zero-order valence-electron chi connectivity index (χ0n) is 64.7. The van der Waals surface area contributed by atoms with Gasteiger partial charge in [0.1, 0.15) is 19.3 Å². The Balaban J connectivity index is 5.29. The highest BCUT2D eigenvalue weighted by Gasteiger charge is 2.30. The number of ether oxygens (including phenoxy) is 4. The minimum absolute atomic E-state index is 0.0876. The van der Waals surface area contributed by atoms with E-state index in [1.807, 2.05) is 0 Å². The Morgan fingerprint density at radius 1 is 0.280 bits per heavy atom. The van der Waals surface area contributed by atoms with Gasteiger partial charge in [-0.05, 0) is 57.8 Å². The highest BCUT2D eigenvalue weighted by molar-refractivity contribution is 7.47. The smallest absolute Gasteiger partial charge is 0.462 e. The summed E-state index contributed by atoms with van der Waals surface area (Å²) in [7, 11) is -9.93. The number of aliphatic hydroxyl groups is 1. The Labute approximate surface area is 612 Å². The van der Waals surface area contributed by atoms with E-state index >= 15 is 0 Å². The maximum atomic E-state index is 13.1. The van der Waals surface area contributed by atoms with Crippen molar-refractivity contribution in [3.05, 3.63) is 24.3 Å². The van der Waals surface area contributed by atoms with E-state index in [4.69, 9.17) is 37.0 Å². The molecule has 0 aromatic heterocycles. The van der Waals surface area contributed by atoms with Crippen LogP contribution in [0, 0.1) is 0 Å². The molecule has 0 aliphatic carbocycles. The van der Waals surface area contributed by atoms with E-state index in [0.29, 0.717) is 25.7 Å². The second-order valence-corrected chi connectivity index (χ2v) is 31.4. The molecule has 5 atom stereocenters. The summed E-state index contributed by atoms with van der Waals surface area (Å²) in [5.74, 6) is -2.13. The molecule has 0 spiro atoms. The van der Waals surface area contributed by atoms with Crippen LogP contribution in [-0.2, 0) is 65.4 Å². The summed E-state index contributed by atoms with van der Waals surface area (Å²) in [6.07, 6.45) is 70.0. The van der Waals surface area contributed by atoms with Crippen molar-refractivity contribution in [2.45, 2.75) is 431 Å². The predicted molar refractivity (Wildman–Crippen MR) is 409 cm³/mol. The minimum atomic E-state index is -4.97. The van der Waals surface area contributed by atoms with Crippen LogP contribution in [0.25, 0.3) is 0 Å². The third-order valence-electron chi connectivity index (χ3n) is 18.4. The van der Waals surface area contributed by atoms with Gasteiger partial charge in [-0.1, -0.05) is 354 Å². The molecule has 0 bridgehead atoms. The lowest BCUT2D eigenvalue weighted by molar-refractivity contribution is -0.161. The van der Waals surface area contributed by atoms with Crippen molar-refractivity contribution in [3.63, 3.8) is 0 Å². The molecule has 0 aliphatic rings. The standard InChI is InChI=1S/C81H154O17P2/c1-5-9-13-17-21-25-29-33-36-37-40-42-46-50-54-58-62-66-79(84)92-72-77(98-81(86)68-64-60-56-52-48-44-39-35-31-27-23-19-15-11-7-3)74-96-100(89,90)94-70-75(82)69-93-99(87,88)95-73-76(71-91-78(83)65-61-57-53-49-45-41-32-28-24-20-16-12-8-4)97-80(85)67-63-59-55-51-47-43-38-34-30-26-22-18-14-10-6-2/h22,26,34,38,75-77,82H,5-21,23-25,27-33,35-37,39-74H2,1-4H3,(H,87,88)(H,89,90)/b26-22-,38-34-/t75-,76+,77+/m0/s1. The van der Waals surface area contributed by atoms with E-state index in [0.717, 1.165) is 109 Å². The SMILES string of the molecule is CCCCC/C=C\C/C=C\CCCCCCCC(=O)O[C@H](COC(=O)CCCCCCCCCCCCCCC)COP(=O)(O)OC[C@H](O)COP(=O)(O)OC[C@@H](COC(=O)CCCCCCCCCCCCCCCCCCC)OC(=O)CCCCCCCCCCCCCCCCC. The number of carbonyl (C=O) groups excluding carboxylic acids is 4. The number of phosphoric ester groups is 2. The number of esters is 4. The molecule has 0 aromatic carbocycles. The Morgan fingerprint density at radius 2 is 0.490 bits per heavy atom.